The fraction of sp³-hybridized carbons (Fsp3) is 0.375. The molecule has 1 unspecified atom stereocenters. The van der Waals surface area contributed by atoms with E-state index >= 15 is 0 Å². The molecule has 2 rings (SSSR count). The Morgan fingerprint density at radius 1 is 1.50 bits per heavy atom. The molecule has 2 radical (unpaired) electrons. The van der Waals surface area contributed by atoms with E-state index in [1.807, 2.05) is 0 Å². The number of halogens is 3. The van der Waals surface area contributed by atoms with Gasteiger partial charge in [-0.15, -0.1) is 0 Å². The molecule has 1 aromatic rings. The summed E-state index contributed by atoms with van der Waals surface area (Å²) in [6.45, 7) is 0. The van der Waals surface area contributed by atoms with E-state index in [1.54, 1.807) is 0 Å². The van der Waals surface area contributed by atoms with Crippen molar-refractivity contribution in [3.63, 3.8) is 0 Å². The Bertz CT molecular complexity index is 364. The Morgan fingerprint density at radius 3 is 2.79 bits per heavy atom. The van der Waals surface area contributed by atoms with Crippen molar-refractivity contribution < 1.29 is 13.2 Å². The van der Waals surface area contributed by atoms with Crippen LogP contribution in [0.4, 0.5) is 19.0 Å². The number of nitrogens with zero attached hydrogens (tertiary/aromatic N) is 1. The van der Waals surface area contributed by atoms with Gasteiger partial charge in [-0.2, -0.15) is 13.2 Å². The van der Waals surface area contributed by atoms with Gasteiger partial charge in [-0.3, -0.25) is 0 Å². The Labute approximate surface area is 79.9 Å². The van der Waals surface area contributed by atoms with Crippen molar-refractivity contribution in [2.24, 2.45) is 0 Å². The summed E-state index contributed by atoms with van der Waals surface area (Å²) in [4.78, 5) is 3.79. The number of rotatable bonds is 0. The van der Waals surface area contributed by atoms with E-state index in [-0.39, 0.29) is 12.2 Å². The van der Waals surface area contributed by atoms with E-state index in [2.05, 4.69) is 10.3 Å². The summed E-state index contributed by atoms with van der Waals surface area (Å²) in [6.07, 6.45) is -3.01. The van der Waals surface area contributed by atoms with Crippen molar-refractivity contribution in [3.8, 4) is 0 Å². The molecule has 14 heavy (non-hydrogen) atoms. The lowest BCUT2D eigenvalue weighted by atomic mass is 9.90. The van der Waals surface area contributed by atoms with E-state index < -0.39 is 12.2 Å². The van der Waals surface area contributed by atoms with E-state index in [9.17, 15) is 13.2 Å². The molecule has 0 aliphatic carbocycles. The Morgan fingerprint density at radius 2 is 2.21 bits per heavy atom. The normalized spacial score (nSPS) is 20.4. The number of hydrogen-bond donors (Lipinski definition) is 1. The monoisotopic (exact) mass is 198 g/mol. The third-order valence-electron chi connectivity index (χ3n) is 2.21. The zero-order chi connectivity index (χ0) is 10.3. The summed E-state index contributed by atoms with van der Waals surface area (Å²) in [5, 5.41) is 2.30. The highest BCUT2D eigenvalue weighted by molar-refractivity contribution is 6.33. The van der Waals surface area contributed by atoms with Gasteiger partial charge >= 0.3 is 6.18 Å². The smallest absolute Gasteiger partial charge is 0.358 e. The lowest BCUT2D eigenvalue weighted by molar-refractivity contribution is -0.140. The van der Waals surface area contributed by atoms with Crippen molar-refractivity contribution in [3.05, 3.63) is 17.8 Å². The van der Waals surface area contributed by atoms with E-state index in [0.29, 0.717) is 11.0 Å². The number of alkyl halides is 3. The van der Waals surface area contributed by atoms with Crippen LogP contribution >= 0.6 is 0 Å². The first-order valence-electron chi connectivity index (χ1n) is 4.05. The summed E-state index contributed by atoms with van der Waals surface area (Å²) in [5.41, 5.74) is 0.809. The maximum absolute atomic E-state index is 12.3. The molecule has 1 aromatic heterocycles. The largest absolute Gasteiger partial charge is 0.408 e. The average Bonchev–Trinajstić information content (AvgIpc) is 2.48. The standard InChI is InChI=1S/C8H6BF3N2/c9-5-1-2-13-7-4(5)3-6(14-7)8(10,11)12/h1-2,6H,3H2,(H,13,14). The SMILES string of the molecule is [B]c1ccnc2c1CC(C(F)(F)F)N2. The van der Waals surface area contributed by atoms with Crippen molar-refractivity contribution in [1.29, 1.82) is 0 Å². The highest BCUT2D eigenvalue weighted by Crippen LogP contribution is 2.31. The predicted octanol–water partition coefficient (Wildman–Crippen LogP) is 0.774. The van der Waals surface area contributed by atoms with Crippen molar-refractivity contribution >= 4 is 19.1 Å². The maximum Gasteiger partial charge on any atom is 0.408 e. The van der Waals surface area contributed by atoms with Crippen LogP contribution in [0.1, 0.15) is 5.56 Å². The molecule has 0 saturated heterocycles. The second kappa shape index (κ2) is 2.90. The molecule has 1 aliphatic heterocycles. The average molecular weight is 198 g/mol. The fourth-order valence-corrected chi connectivity index (χ4v) is 1.46. The highest BCUT2D eigenvalue weighted by Gasteiger charge is 2.43. The molecule has 1 aliphatic rings. The van der Waals surface area contributed by atoms with Gasteiger partial charge in [0.15, 0.2) is 0 Å². The summed E-state index contributed by atoms with van der Waals surface area (Å²) < 4.78 is 37.0. The molecule has 1 N–H and O–H groups in total. The first kappa shape index (κ1) is 9.36. The second-order valence-electron chi connectivity index (χ2n) is 3.17. The van der Waals surface area contributed by atoms with Crippen LogP contribution in [0.2, 0.25) is 0 Å². The molecule has 6 heteroatoms. The molecular weight excluding hydrogens is 192 g/mol. The first-order valence-corrected chi connectivity index (χ1v) is 4.05. The quantitative estimate of drug-likeness (QED) is 0.623. The number of anilines is 1. The molecule has 0 fully saturated rings. The van der Waals surface area contributed by atoms with E-state index in [4.69, 9.17) is 7.85 Å². The van der Waals surface area contributed by atoms with Crippen LogP contribution < -0.4 is 10.8 Å². The summed E-state index contributed by atoms with van der Waals surface area (Å²) >= 11 is 0. The van der Waals surface area contributed by atoms with E-state index in [0.717, 1.165) is 0 Å². The van der Waals surface area contributed by atoms with Gasteiger partial charge < -0.3 is 5.32 Å². The molecule has 0 saturated carbocycles. The van der Waals surface area contributed by atoms with Crippen LogP contribution in [0.3, 0.4) is 0 Å². The third kappa shape index (κ3) is 1.45. The number of pyridine rings is 1. The first-order chi connectivity index (χ1) is 6.48. The third-order valence-corrected chi connectivity index (χ3v) is 2.21. The highest BCUT2D eigenvalue weighted by atomic mass is 19.4. The van der Waals surface area contributed by atoms with Crippen LogP contribution in [-0.2, 0) is 6.42 Å². The number of nitrogens with one attached hydrogen (secondary N) is 1. The number of hydrogen-bond acceptors (Lipinski definition) is 2. The molecule has 2 nitrogen and oxygen atoms in total. The maximum atomic E-state index is 12.3. The van der Waals surface area contributed by atoms with Gasteiger partial charge in [0, 0.05) is 12.6 Å². The minimum Gasteiger partial charge on any atom is -0.358 e. The van der Waals surface area contributed by atoms with E-state index in [1.165, 1.54) is 12.3 Å². The molecule has 72 valence electrons. The minimum atomic E-state index is -4.26. The molecule has 0 bridgehead atoms. The Hall–Kier alpha value is -1.20. The van der Waals surface area contributed by atoms with Gasteiger partial charge in [0.25, 0.3) is 0 Å². The van der Waals surface area contributed by atoms with Gasteiger partial charge in [-0.1, -0.05) is 11.5 Å². The van der Waals surface area contributed by atoms with Gasteiger partial charge in [0.05, 0.1) is 0 Å². The van der Waals surface area contributed by atoms with Crippen LogP contribution in [-0.4, -0.2) is 25.0 Å². The van der Waals surface area contributed by atoms with Crippen LogP contribution in [0, 0.1) is 0 Å². The fourth-order valence-electron chi connectivity index (χ4n) is 1.46. The molecule has 1 atom stereocenters. The van der Waals surface area contributed by atoms with Gasteiger partial charge in [0.2, 0.25) is 0 Å². The summed E-state index contributed by atoms with van der Waals surface area (Å²) in [6, 6.07) is -0.0612. The molecule has 0 aromatic carbocycles. The van der Waals surface area contributed by atoms with Gasteiger partial charge in [-0.05, 0) is 5.56 Å². The van der Waals surface area contributed by atoms with Crippen LogP contribution in [0.5, 0.6) is 0 Å². The van der Waals surface area contributed by atoms with Crippen molar-refractivity contribution in [2.75, 3.05) is 5.32 Å². The molecule has 0 amide bonds. The lowest BCUT2D eigenvalue weighted by Crippen LogP contribution is -2.34. The molecule has 2 heterocycles. The predicted molar refractivity (Wildman–Crippen MR) is 46.8 cm³/mol. The topological polar surface area (TPSA) is 24.9 Å². The second-order valence-corrected chi connectivity index (χ2v) is 3.17. The summed E-state index contributed by atoms with van der Waals surface area (Å²) in [7, 11) is 5.53. The zero-order valence-corrected chi connectivity index (χ0v) is 7.10. The molecule has 0 spiro atoms. The lowest BCUT2D eigenvalue weighted by Gasteiger charge is -2.14. The number of aromatic nitrogens is 1. The molecular formula is C8H6BF3N2. The van der Waals surface area contributed by atoms with Crippen LogP contribution in [0.25, 0.3) is 0 Å². The summed E-state index contributed by atoms with van der Waals surface area (Å²) in [5.74, 6) is 0.243. The Kier molecular flexibility index (Phi) is 1.94. The Balaban J connectivity index is 2.31. The van der Waals surface area contributed by atoms with Gasteiger partial charge in [0.1, 0.15) is 19.7 Å². The van der Waals surface area contributed by atoms with Gasteiger partial charge in [-0.25, -0.2) is 4.98 Å². The van der Waals surface area contributed by atoms with Crippen molar-refractivity contribution in [2.45, 2.75) is 18.6 Å². The zero-order valence-electron chi connectivity index (χ0n) is 7.10. The van der Waals surface area contributed by atoms with Crippen molar-refractivity contribution in [1.82, 2.24) is 4.98 Å². The number of fused-ring (bicyclic) bond motifs is 1. The van der Waals surface area contributed by atoms with Crippen LogP contribution in [0.15, 0.2) is 12.3 Å². The minimum absolute atomic E-state index is 0.140.